The van der Waals surface area contributed by atoms with E-state index in [4.69, 9.17) is 10.7 Å². The molecule has 1 aliphatic carbocycles. The van der Waals surface area contributed by atoms with Crippen molar-refractivity contribution in [2.75, 3.05) is 13.1 Å². The van der Waals surface area contributed by atoms with Gasteiger partial charge in [0.05, 0.1) is 6.10 Å². The number of aryl methyl sites for hydroxylation is 2. The van der Waals surface area contributed by atoms with Gasteiger partial charge in [-0.05, 0) is 69.8 Å². The fraction of sp³-hybridized carbons (Fsp3) is 0.700. The molecule has 1 saturated heterocycles. The number of pyridine rings is 1. The number of amides is 1. The van der Waals surface area contributed by atoms with Gasteiger partial charge in [0.2, 0.25) is 5.91 Å². The second-order valence-electron chi connectivity index (χ2n) is 7.74. The molecule has 5 nitrogen and oxygen atoms in total. The number of aliphatic hydroxyl groups excluding tert-OH is 1. The summed E-state index contributed by atoms with van der Waals surface area (Å²) in [7, 11) is 0. The summed E-state index contributed by atoms with van der Waals surface area (Å²) in [6.45, 7) is 4.10. The number of nitrogens with two attached hydrogens (primary N) is 1. The predicted octanol–water partition coefficient (Wildman–Crippen LogP) is 2.29. The molecule has 1 aliphatic heterocycles. The number of rotatable bonds is 5. The Hall–Kier alpha value is -1.46. The molecule has 0 aromatic carbocycles. The van der Waals surface area contributed by atoms with Gasteiger partial charge in [-0.3, -0.25) is 14.7 Å². The largest absolute Gasteiger partial charge is 0.391 e. The van der Waals surface area contributed by atoms with Crippen LogP contribution in [-0.2, 0) is 11.2 Å². The highest BCUT2D eigenvalue weighted by Gasteiger charge is 2.32. The number of nitrogens with zero attached hydrogens (tertiary/aromatic N) is 2. The summed E-state index contributed by atoms with van der Waals surface area (Å²) in [6.07, 6.45) is 7.60. The van der Waals surface area contributed by atoms with Crippen LogP contribution in [0.5, 0.6) is 0 Å². The van der Waals surface area contributed by atoms with Crippen molar-refractivity contribution in [2.24, 2.45) is 5.73 Å². The third-order valence-electron chi connectivity index (χ3n) is 5.80. The molecule has 1 amide bonds. The third kappa shape index (κ3) is 4.79. The zero-order valence-electron chi connectivity index (χ0n) is 15.3. The monoisotopic (exact) mass is 345 g/mol. The Morgan fingerprint density at radius 1 is 1.24 bits per heavy atom. The van der Waals surface area contributed by atoms with E-state index in [2.05, 4.69) is 17.0 Å². The van der Waals surface area contributed by atoms with Gasteiger partial charge in [-0.2, -0.15) is 0 Å². The van der Waals surface area contributed by atoms with E-state index < -0.39 is 0 Å². The molecule has 138 valence electrons. The maximum Gasteiger partial charge on any atom is 0.217 e. The average Bonchev–Trinajstić information content (AvgIpc) is 2.60. The highest BCUT2D eigenvalue weighted by molar-refractivity contribution is 5.74. The minimum Gasteiger partial charge on any atom is -0.391 e. The van der Waals surface area contributed by atoms with E-state index in [0.29, 0.717) is 24.8 Å². The Kier molecular flexibility index (Phi) is 6.07. The minimum absolute atomic E-state index is 0.150. The van der Waals surface area contributed by atoms with Gasteiger partial charge in [0.15, 0.2) is 0 Å². The first-order valence-corrected chi connectivity index (χ1v) is 9.71. The Morgan fingerprint density at radius 3 is 2.64 bits per heavy atom. The van der Waals surface area contributed by atoms with Crippen LogP contribution in [0, 0.1) is 6.92 Å². The summed E-state index contributed by atoms with van der Waals surface area (Å²) in [5.74, 6) is 0.222. The highest BCUT2D eigenvalue weighted by atomic mass is 16.3. The topological polar surface area (TPSA) is 79.5 Å². The molecule has 3 rings (SSSR count). The fourth-order valence-corrected chi connectivity index (χ4v) is 4.43. The minimum atomic E-state index is -0.254. The van der Waals surface area contributed by atoms with Gasteiger partial charge in [0, 0.05) is 29.8 Å². The number of primary amides is 1. The first kappa shape index (κ1) is 18.3. The van der Waals surface area contributed by atoms with E-state index in [0.717, 1.165) is 62.1 Å². The number of piperidine rings is 1. The first-order chi connectivity index (χ1) is 12.0. The predicted molar refractivity (Wildman–Crippen MR) is 98.3 cm³/mol. The van der Waals surface area contributed by atoms with E-state index >= 15 is 0 Å². The Morgan fingerprint density at radius 2 is 1.96 bits per heavy atom. The van der Waals surface area contributed by atoms with Crippen LogP contribution in [-0.4, -0.2) is 46.1 Å². The van der Waals surface area contributed by atoms with Crippen molar-refractivity contribution in [3.8, 4) is 0 Å². The van der Waals surface area contributed by atoms with Gasteiger partial charge >= 0.3 is 0 Å². The lowest BCUT2D eigenvalue weighted by Crippen LogP contribution is -2.48. The van der Waals surface area contributed by atoms with Crippen LogP contribution in [0.2, 0.25) is 0 Å². The smallest absolute Gasteiger partial charge is 0.217 e. The van der Waals surface area contributed by atoms with Crippen molar-refractivity contribution in [2.45, 2.75) is 76.4 Å². The molecule has 0 spiro atoms. The van der Waals surface area contributed by atoms with Crippen LogP contribution in [0.1, 0.15) is 67.8 Å². The van der Waals surface area contributed by atoms with E-state index in [1.807, 2.05) is 6.92 Å². The van der Waals surface area contributed by atoms with E-state index in [-0.39, 0.29) is 12.0 Å². The quantitative estimate of drug-likeness (QED) is 0.858. The van der Waals surface area contributed by atoms with Gasteiger partial charge in [-0.15, -0.1) is 0 Å². The number of aliphatic hydroxyl groups is 1. The summed E-state index contributed by atoms with van der Waals surface area (Å²) in [4.78, 5) is 18.3. The van der Waals surface area contributed by atoms with Crippen LogP contribution >= 0.6 is 0 Å². The molecule has 1 saturated carbocycles. The zero-order chi connectivity index (χ0) is 17.8. The van der Waals surface area contributed by atoms with Crippen molar-refractivity contribution in [1.82, 2.24) is 9.88 Å². The molecule has 2 atom stereocenters. The third-order valence-corrected chi connectivity index (χ3v) is 5.80. The molecule has 25 heavy (non-hydrogen) atoms. The van der Waals surface area contributed by atoms with Gasteiger partial charge in [-0.1, -0.05) is 12.8 Å². The van der Waals surface area contributed by atoms with E-state index in [1.54, 1.807) is 0 Å². The molecule has 2 fully saturated rings. The van der Waals surface area contributed by atoms with Crippen LogP contribution < -0.4 is 5.73 Å². The number of carbonyl (C=O) groups is 1. The van der Waals surface area contributed by atoms with Crippen LogP contribution in [0.3, 0.4) is 0 Å². The maximum atomic E-state index is 11.0. The Bertz CT molecular complexity index is 597. The first-order valence-electron chi connectivity index (χ1n) is 9.71. The number of carbonyl (C=O) groups excluding carboxylic acids is 1. The highest BCUT2D eigenvalue weighted by Crippen LogP contribution is 2.32. The summed E-state index contributed by atoms with van der Waals surface area (Å²) in [5.41, 5.74) is 8.61. The number of likely N-dealkylation sites (tertiary alicyclic amines) is 1. The van der Waals surface area contributed by atoms with Crippen molar-refractivity contribution < 1.29 is 9.90 Å². The Labute approximate surface area is 150 Å². The van der Waals surface area contributed by atoms with E-state index in [1.165, 1.54) is 6.42 Å². The van der Waals surface area contributed by atoms with Crippen LogP contribution in [0.15, 0.2) is 12.1 Å². The van der Waals surface area contributed by atoms with Crippen LogP contribution in [0.25, 0.3) is 0 Å². The lowest BCUT2D eigenvalue weighted by molar-refractivity contribution is -0.117. The normalized spacial score (nSPS) is 25.8. The lowest BCUT2D eigenvalue weighted by Gasteiger charge is -2.41. The fourth-order valence-electron chi connectivity index (χ4n) is 4.43. The standard InChI is InChI=1S/C20H31N3O2/c1-14-12-15(6-7-20(21)25)13-17(22-14)16-8-10-23(11-9-16)18-4-2-3-5-19(18)24/h12-13,16,18-19,24H,2-11H2,1H3,(H2,21,25). The second-order valence-corrected chi connectivity index (χ2v) is 7.74. The van der Waals surface area contributed by atoms with Crippen molar-refractivity contribution in [1.29, 1.82) is 0 Å². The second kappa shape index (κ2) is 8.28. The zero-order valence-corrected chi connectivity index (χ0v) is 15.3. The number of hydrogen-bond acceptors (Lipinski definition) is 4. The maximum absolute atomic E-state index is 11.0. The van der Waals surface area contributed by atoms with Crippen molar-refractivity contribution >= 4 is 5.91 Å². The molecule has 2 heterocycles. The summed E-state index contributed by atoms with van der Waals surface area (Å²) in [5, 5.41) is 10.3. The van der Waals surface area contributed by atoms with Gasteiger partial charge in [-0.25, -0.2) is 0 Å². The number of aromatic nitrogens is 1. The summed E-state index contributed by atoms with van der Waals surface area (Å²) >= 11 is 0. The molecular weight excluding hydrogens is 314 g/mol. The summed E-state index contributed by atoms with van der Waals surface area (Å²) in [6, 6.07) is 4.57. The van der Waals surface area contributed by atoms with Crippen molar-refractivity contribution in [3.63, 3.8) is 0 Å². The van der Waals surface area contributed by atoms with Crippen LogP contribution in [0.4, 0.5) is 0 Å². The molecule has 1 aromatic heterocycles. The molecule has 3 N–H and O–H groups in total. The van der Waals surface area contributed by atoms with Gasteiger partial charge in [0.25, 0.3) is 0 Å². The van der Waals surface area contributed by atoms with Crippen molar-refractivity contribution in [3.05, 3.63) is 29.1 Å². The molecule has 2 aliphatic rings. The average molecular weight is 345 g/mol. The molecule has 0 bridgehead atoms. The van der Waals surface area contributed by atoms with E-state index in [9.17, 15) is 9.90 Å². The Balaban J connectivity index is 1.61. The molecule has 2 unspecified atom stereocenters. The summed E-state index contributed by atoms with van der Waals surface area (Å²) < 4.78 is 0. The number of hydrogen-bond donors (Lipinski definition) is 2. The lowest BCUT2D eigenvalue weighted by atomic mass is 9.87. The molecular formula is C20H31N3O2. The molecule has 5 heteroatoms. The SMILES string of the molecule is Cc1cc(CCC(N)=O)cc(C2CCN(C3CCCCC3O)CC2)n1. The molecule has 1 aromatic rings. The van der Waals surface area contributed by atoms with Gasteiger partial charge < -0.3 is 10.8 Å². The van der Waals surface area contributed by atoms with Gasteiger partial charge in [0.1, 0.15) is 0 Å². The molecule has 0 radical (unpaired) electrons.